The Labute approximate surface area is 49.2 Å². The van der Waals surface area contributed by atoms with Crippen LogP contribution in [0.15, 0.2) is 24.3 Å². The lowest BCUT2D eigenvalue weighted by atomic mass is 10.2. The normalized spacial score (nSPS) is 7.88. The second-order valence-corrected chi connectivity index (χ2v) is 1.42. The van der Waals surface area contributed by atoms with Crippen molar-refractivity contribution in [2.75, 3.05) is 0 Å². The average molecular weight is 101 g/mol. The molecular weight excluding hydrogens is 96.1 g/mol. The molecule has 0 spiro atoms. The Morgan fingerprint density at radius 2 is 2.38 bits per heavy atom. The van der Waals surface area contributed by atoms with E-state index >= 15 is 0 Å². The van der Waals surface area contributed by atoms with E-state index in [9.17, 15) is 0 Å². The Kier molecular flexibility index (Phi) is 1.34. The van der Waals surface area contributed by atoms with Gasteiger partial charge in [-0.1, -0.05) is 0 Å². The summed E-state index contributed by atoms with van der Waals surface area (Å²) in [5.41, 5.74) is 0.813. The molecule has 0 saturated heterocycles. The monoisotopic (exact) mass is 101 g/mol. The quantitative estimate of drug-likeness (QED) is 0.343. The van der Waals surface area contributed by atoms with Gasteiger partial charge in [-0.05, 0) is 0 Å². The molecule has 0 saturated carbocycles. The number of benzene rings is 1. The Balaban J connectivity index is 3.05. The SMILES string of the molecule is C#Cc1[c-]cccc1. The van der Waals surface area contributed by atoms with Crippen LogP contribution in [0, 0.1) is 18.4 Å². The van der Waals surface area contributed by atoms with Crippen molar-refractivity contribution in [2.45, 2.75) is 0 Å². The first-order valence-corrected chi connectivity index (χ1v) is 2.37. The minimum absolute atomic E-state index is 0.813. The first kappa shape index (κ1) is 4.93. The fraction of sp³-hybridized carbons (Fsp3) is 0. The van der Waals surface area contributed by atoms with E-state index in [0.717, 1.165) is 5.56 Å². The van der Waals surface area contributed by atoms with Gasteiger partial charge in [0.25, 0.3) is 0 Å². The van der Waals surface area contributed by atoms with Crippen LogP contribution in [0.25, 0.3) is 0 Å². The first-order chi connectivity index (χ1) is 3.93. The summed E-state index contributed by atoms with van der Waals surface area (Å²) >= 11 is 0. The predicted octanol–water partition coefficient (Wildman–Crippen LogP) is 1.47. The standard InChI is InChI=1S/C8H5/c1-2-8-6-4-3-5-7-8/h1,3-6H/q-1. The van der Waals surface area contributed by atoms with Gasteiger partial charge in [-0.2, -0.15) is 12.3 Å². The Bertz CT molecular complexity index is 191. The molecule has 0 aliphatic carbocycles. The van der Waals surface area contributed by atoms with Gasteiger partial charge in [-0.15, -0.1) is 35.9 Å². The molecule has 0 atom stereocenters. The molecule has 0 heterocycles. The fourth-order valence-electron chi connectivity index (χ4n) is 0.483. The van der Waals surface area contributed by atoms with Gasteiger partial charge >= 0.3 is 0 Å². The van der Waals surface area contributed by atoms with Crippen LogP contribution in [0.2, 0.25) is 0 Å². The van der Waals surface area contributed by atoms with Crippen LogP contribution in [0.4, 0.5) is 0 Å². The maximum absolute atomic E-state index is 5.07. The highest BCUT2D eigenvalue weighted by Gasteiger charge is 1.65. The van der Waals surface area contributed by atoms with Crippen LogP contribution in [0.1, 0.15) is 5.56 Å². The van der Waals surface area contributed by atoms with Gasteiger partial charge in [0.1, 0.15) is 0 Å². The molecule has 0 N–H and O–H groups in total. The minimum atomic E-state index is 0.813. The lowest BCUT2D eigenvalue weighted by Gasteiger charge is -1.92. The zero-order valence-electron chi connectivity index (χ0n) is 4.39. The van der Waals surface area contributed by atoms with Gasteiger partial charge in [-0.25, -0.2) is 0 Å². The van der Waals surface area contributed by atoms with Gasteiger partial charge in [0.05, 0.1) is 0 Å². The second kappa shape index (κ2) is 2.18. The molecule has 0 amide bonds. The van der Waals surface area contributed by atoms with Crippen molar-refractivity contribution >= 4 is 0 Å². The van der Waals surface area contributed by atoms with E-state index in [4.69, 9.17) is 6.42 Å². The van der Waals surface area contributed by atoms with Crippen molar-refractivity contribution in [1.82, 2.24) is 0 Å². The molecule has 0 aliphatic heterocycles. The van der Waals surface area contributed by atoms with Gasteiger partial charge in [0.15, 0.2) is 0 Å². The van der Waals surface area contributed by atoms with Crippen LogP contribution in [-0.2, 0) is 0 Å². The van der Waals surface area contributed by atoms with Gasteiger partial charge < -0.3 is 0 Å². The molecule has 1 aromatic carbocycles. The van der Waals surface area contributed by atoms with Crippen LogP contribution in [0.5, 0.6) is 0 Å². The van der Waals surface area contributed by atoms with E-state index in [0.29, 0.717) is 0 Å². The Morgan fingerprint density at radius 3 is 2.75 bits per heavy atom. The van der Waals surface area contributed by atoms with Crippen molar-refractivity contribution in [3.05, 3.63) is 35.9 Å². The van der Waals surface area contributed by atoms with Crippen LogP contribution in [-0.4, -0.2) is 0 Å². The highest BCUT2D eigenvalue weighted by molar-refractivity contribution is 5.29. The number of hydrogen-bond acceptors (Lipinski definition) is 0. The number of terminal acetylenes is 1. The van der Waals surface area contributed by atoms with Gasteiger partial charge in [0, 0.05) is 0 Å². The van der Waals surface area contributed by atoms with E-state index in [1.165, 1.54) is 0 Å². The van der Waals surface area contributed by atoms with Crippen molar-refractivity contribution in [3.63, 3.8) is 0 Å². The van der Waals surface area contributed by atoms with E-state index in [1.807, 2.05) is 18.2 Å². The first-order valence-electron chi connectivity index (χ1n) is 2.37. The van der Waals surface area contributed by atoms with E-state index in [2.05, 4.69) is 12.0 Å². The largest absolute Gasteiger partial charge is 0.195 e. The molecule has 0 radical (unpaired) electrons. The third kappa shape index (κ3) is 0.886. The highest BCUT2D eigenvalue weighted by Crippen LogP contribution is 1.91. The van der Waals surface area contributed by atoms with Gasteiger partial charge in [0.2, 0.25) is 0 Å². The topological polar surface area (TPSA) is 0 Å². The summed E-state index contributed by atoms with van der Waals surface area (Å²) in [5, 5.41) is 0. The summed E-state index contributed by atoms with van der Waals surface area (Å²) in [6.07, 6.45) is 5.07. The molecule has 0 nitrogen and oxygen atoms in total. The van der Waals surface area contributed by atoms with Crippen LogP contribution < -0.4 is 0 Å². The zero-order chi connectivity index (χ0) is 5.82. The Hall–Kier alpha value is -1.22. The molecular formula is C8H5-. The molecule has 0 aliphatic rings. The summed E-state index contributed by atoms with van der Waals surface area (Å²) in [7, 11) is 0. The summed E-state index contributed by atoms with van der Waals surface area (Å²) in [4.78, 5) is 0. The minimum Gasteiger partial charge on any atom is -0.195 e. The molecule has 0 bridgehead atoms. The molecule has 0 aromatic heterocycles. The molecule has 0 unspecified atom stereocenters. The van der Waals surface area contributed by atoms with Crippen LogP contribution >= 0.6 is 0 Å². The summed E-state index contributed by atoms with van der Waals surface area (Å²) < 4.78 is 0. The lowest BCUT2D eigenvalue weighted by molar-refractivity contribution is 1.63. The van der Waals surface area contributed by atoms with Crippen molar-refractivity contribution < 1.29 is 0 Å². The zero-order valence-corrected chi connectivity index (χ0v) is 4.39. The van der Waals surface area contributed by atoms with E-state index < -0.39 is 0 Å². The summed E-state index contributed by atoms with van der Waals surface area (Å²) in [6.45, 7) is 0. The van der Waals surface area contributed by atoms with Crippen molar-refractivity contribution in [2.24, 2.45) is 0 Å². The van der Waals surface area contributed by atoms with E-state index in [1.54, 1.807) is 6.07 Å². The third-order valence-electron chi connectivity index (χ3n) is 0.865. The molecule has 0 heteroatoms. The molecule has 1 aromatic rings. The molecule has 8 heavy (non-hydrogen) atoms. The van der Waals surface area contributed by atoms with Crippen LogP contribution in [0.3, 0.4) is 0 Å². The summed E-state index contributed by atoms with van der Waals surface area (Å²) in [5.74, 6) is 2.47. The van der Waals surface area contributed by atoms with E-state index in [-0.39, 0.29) is 0 Å². The highest BCUT2D eigenvalue weighted by atomic mass is 13.8. The molecule has 1 rings (SSSR count). The maximum atomic E-state index is 5.07. The summed E-state index contributed by atoms with van der Waals surface area (Å²) in [6, 6.07) is 10.3. The Morgan fingerprint density at radius 1 is 1.50 bits per heavy atom. The van der Waals surface area contributed by atoms with Gasteiger partial charge in [-0.3, -0.25) is 0 Å². The smallest absolute Gasteiger partial charge is 0.110 e. The number of rotatable bonds is 0. The average Bonchev–Trinajstić information content (AvgIpc) is 1.90. The second-order valence-electron chi connectivity index (χ2n) is 1.42. The predicted molar refractivity (Wildman–Crippen MR) is 33.2 cm³/mol. The maximum Gasteiger partial charge on any atom is -0.110 e. The fourth-order valence-corrected chi connectivity index (χ4v) is 0.483. The lowest BCUT2D eigenvalue weighted by Crippen LogP contribution is -1.67. The van der Waals surface area contributed by atoms with Crippen molar-refractivity contribution in [3.8, 4) is 12.3 Å². The van der Waals surface area contributed by atoms with Crippen molar-refractivity contribution in [1.29, 1.82) is 0 Å². The third-order valence-corrected chi connectivity index (χ3v) is 0.865. The molecule has 0 fully saturated rings. The number of hydrogen-bond donors (Lipinski definition) is 0. The molecule has 38 valence electrons.